The topological polar surface area (TPSA) is 34.1 Å². The minimum atomic E-state index is 0.465. The van der Waals surface area contributed by atoms with Gasteiger partial charge in [0.25, 0.3) is 0 Å². The maximum absolute atomic E-state index is 5.76. The highest BCUT2D eigenvalue weighted by atomic mass is 79.9. The highest BCUT2D eigenvalue weighted by Crippen LogP contribution is 2.23. The molecule has 0 radical (unpaired) electrons. The molecule has 0 unspecified atom stereocenters. The monoisotopic (exact) mass is 334 g/mol. The van der Waals surface area contributed by atoms with Gasteiger partial charge >= 0.3 is 0 Å². The van der Waals surface area contributed by atoms with E-state index in [9.17, 15) is 0 Å². The average molecular weight is 335 g/mol. The van der Waals surface area contributed by atoms with E-state index in [0.29, 0.717) is 11.9 Å². The van der Waals surface area contributed by atoms with Gasteiger partial charge in [0.1, 0.15) is 5.75 Å². The first-order valence-electron chi connectivity index (χ1n) is 6.68. The summed E-state index contributed by atoms with van der Waals surface area (Å²) in [6.07, 6.45) is 0. The summed E-state index contributed by atoms with van der Waals surface area (Å²) in [6, 6.07) is 12.2. The standard InChI is InChI=1S/C16H19BrN2O/c1-11(2)18-10-13-7-8-16(19-12(13)3)20-15-6-4-5-14(17)9-15/h4-9,11,18H,10H2,1-3H3. The Morgan fingerprint density at radius 3 is 2.70 bits per heavy atom. The van der Waals surface area contributed by atoms with E-state index in [1.807, 2.05) is 37.3 Å². The van der Waals surface area contributed by atoms with Crippen molar-refractivity contribution in [2.75, 3.05) is 0 Å². The van der Waals surface area contributed by atoms with Crippen molar-refractivity contribution in [2.45, 2.75) is 33.4 Å². The van der Waals surface area contributed by atoms with Crippen molar-refractivity contribution in [1.82, 2.24) is 10.3 Å². The zero-order valence-corrected chi connectivity index (χ0v) is 13.6. The zero-order valence-electron chi connectivity index (χ0n) is 12.0. The van der Waals surface area contributed by atoms with Gasteiger partial charge < -0.3 is 10.1 Å². The highest BCUT2D eigenvalue weighted by Gasteiger charge is 2.05. The van der Waals surface area contributed by atoms with Crippen molar-refractivity contribution in [3.05, 3.63) is 52.1 Å². The van der Waals surface area contributed by atoms with Crippen LogP contribution in [0.3, 0.4) is 0 Å². The summed E-state index contributed by atoms with van der Waals surface area (Å²) in [5.74, 6) is 1.40. The van der Waals surface area contributed by atoms with Gasteiger partial charge in [-0.2, -0.15) is 0 Å². The summed E-state index contributed by atoms with van der Waals surface area (Å²) in [7, 11) is 0. The number of halogens is 1. The summed E-state index contributed by atoms with van der Waals surface area (Å²) in [5, 5.41) is 3.39. The van der Waals surface area contributed by atoms with Crippen LogP contribution in [0.25, 0.3) is 0 Å². The van der Waals surface area contributed by atoms with E-state index in [2.05, 4.69) is 46.1 Å². The summed E-state index contributed by atoms with van der Waals surface area (Å²) >= 11 is 3.43. The molecule has 0 saturated heterocycles. The van der Waals surface area contributed by atoms with Crippen LogP contribution in [0, 0.1) is 6.92 Å². The third-order valence-corrected chi connectivity index (χ3v) is 3.38. The summed E-state index contributed by atoms with van der Waals surface area (Å²) < 4.78 is 6.75. The van der Waals surface area contributed by atoms with Crippen molar-refractivity contribution >= 4 is 15.9 Å². The largest absolute Gasteiger partial charge is 0.439 e. The molecule has 0 bridgehead atoms. The van der Waals surface area contributed by atoms with E-state index in [4.69, 9.17) is 4.74 Å². The Morgan fingerprint density at radius 1 is 1.25 bits per heavy atom. The molecule has 106 valence electrons. The highest BCUT2D eigenvalue weighted by molar-refractivity contribution is 9.10. The van der Waals surface area contributed by atoms with Crippen molar-refractivity contribution in [3.63, 3.8) is 0 Å². The van der Waals surface area contributed by atoms with E-state index >= 15 is 0 Å². The lowest BCUT2D eigenvalue weighted by molar-refractivity contribution is 0.460. The molecule has 4 heteroatoms. The van der Waals surface area contributed by atoms with Crippen LogP contribution in [-0.4, -0.2) is 11.0 Å². The maximum Gasteiger partial charge on any atom is 0.219 e. The minimum Gasteiger partial charge on any atom is -0.439 e. The third kappa shape index (κ3) is 4.32. The number of aryl methyl sites for hydroxylation is 1. The van der Waals surface area contributed by atoms with Gasteiger partial charge in [-0.1, -0.05) is 41.9 Å². The molecule has 0 saturated carbocycles. The first-order chi connectivity index (χ1) is 9.54. The molecule has 0 atom stereocenters. The lowest BCUT2D eigenvalue weighted by atomic mass is 10.2. The van der Waals surface area contributed by atoms with Gasteiger partial charge in [0, 0.05) is 28.8 Å². The Bertz CT molecular complexity index is 584. The normalized spacial score (nSPS) is 10.8. The first-order valence-corrected chi connectivity index (χ1v) is 7.47. The SMILES string of the molecule is Cc1nc(Oc2cccc(Br)c2)ccc1CNC(C)C. The van der Waals surface area contributed by atoms with Crippen LogP contribution in [0.15, 0.2) is 40.9 Å². The summed E-state index contributed by atoms with van der Waals surface area (Å²) in [6.45, 7) is 7.10. The third-order valence-electron chi connectivity index (χ3n) is 2.89. The lowest BCUT2D eigenvalue weighted by Gasteiger charge is -2.11. The molecule has 20 heavy (non-hydrogen) atoms. The number of ether oxygens (including phenoxy) is 1. The Balaban J connectivity index is 2.09. The molecule has 0 amide bonds. The predicted molar refractivity (Wildman–Crippen MR) is 85.2 cm³/mol. The summed E-state index contributed by atoms with van der Waals surface area (Å²) in [5.41, 5.74) is 2.19. The molecule has 1 aromatic carbocycles. The van der Waals surface area contributed by atoms with Crippen LogP contribution < -0.4 is 10.1 Å². The fraction of sp³-hybridized carbons (Fsp3) is 0.312. The molecule has 3 nitrogen and oxygen atoms in total. The second-order valence-electron chi connectivity index (χ2n) is 4.99. The number of rotatable bonds is 5. The molecule has 2 rings (SSSR count). The van der Waals surface area contributed by atoms with E-state index in [1.54, 1.807) is 0 Å². The molecule has 0 aliphatic heterocycles. The van der Waals surface area contributed by atoms with Crippen molar-refractivity contribution in [1.29, 1.82) is 0 Å². The molecule has 0 fully saturated rings. The molecule has 0 aliphatic rings. The number of nitrogens with zero attached hydrogens (tertiary/aromatic N) is 1. The Morgan fingerprint density at radius 2 is 2.05 bits per heavy atom. The van der Waals surface area contributed by atoms with Crippen LogP contribution in [0.1, 0.15) is 25.1 Å². The predicted octanol–water partition coefficient (Wildman–Crippen LogP) is 4.44. The lowest BCUT2D eigenvalue weighted by Crippen LogP contribution is -2.22. The number of pyridine rings is 1. The van der Waals surface area contributed by atoms with E-state index in [0.717, 1.165) is 22.5 Å². The van der Waals surface area contributed by atoms with Crippen molar-refractivity contribution < 1.29 is 4.74 Å². The first kappa shape index (κ1) is 15.0. The van der Waals surface area contributed by atoms with Gasteiger partial charge in [-0.05, 0) is 30.7 Å². The number of benzene rings is 1. The average Bonchev–Trinajstić information content (AvgIpc) is 2.37. The molecule has 1 N–H and O–H groups in total. The molecule has 1 aromatic heterocycles. The maximum atomic E-state index is 5.76. The number of aromatic nitrogens is 1. The van der Waals surface area contributed by atoms with Crippen LogP contribution in [0.4, 0.5) is 0 Å². The Hall–Kier alpha value is -1.39. The fourth-order valence-corrected chi connectivity index (χ4v) is 2.15. The van der Waals surface area contributed by atoms with Crippen molar-refractivity contribution in [2.24, 2.45) is 0 Å². The second kappa shape index (κ2) is 6.86. The van der Waals surface area contributed by atoms with Gasteiger partial charge in [-0.15, -0.1) is 0 Å². The Labute approximate surface area is 128 Å². The van der Waals surface area contributed by atoms with Crippen LogP contribution in [-0.2, 0) is 6.54 Å². The van der Waals surface area contributed by atoms with Crippen molar-refractivity contribution in [3.8, 4) is 11.6 Å². The molecule has 0 aliphatic carbocycles. The Kier molecular flexibility index (Phi) is 5.15. The number of hydrogen-bond acceptors (Lipinski definition) is 3. The summed E-state index contributed by atoms with van der Waals surface area (Å²) in [4.78, 5) is 4.50. The van der Waals surface area contributed by atoms with Crippen LogP contribution in [0.2, 0.25) is 0 Å². The van der Waals surface area contributed by atoms with Crippen LogP contribution in [0.5, 0.6) is 11.6 Å². The molecular formula is C16H19BrN2O. The van der Waals surface area contributed by atoms with E-state index in [-0.39, 0.29) is 0 Å². The van der Waals surface area contributed by atoms with Gasteiger partial charge in [0.15, 0.2) is 0 Å². The molecule has 0 spiro atoms. The smallest absolute Gasteiger partial charge is 0.219 e. The van der Waals surface area contributed by atoms with Gasteiger partial charge in [0.05, 0.1) is 0 Å². The minimum absolute atomic E-state index is 0.465. The van der Waals surface area contributed by atoms with Crippen LogP contribution >= 0.6 is 15.9 Å². The quantitative estimate of drug-likeness (QED) is 0.877. The second-order valence-corrected chi connectivity index (χ2v) is 5.90. The van der Waals surface area contributed by atoms with Gasteiger partial charge in [-0.25, -0.2) is 4.98 Å². The number of nitrogens with one attached hydrogen (secondary N) is 1. The number of hydrogen-bond donors (Lipinski definition) is 1. The van der Waals surface area contributed by atoms with Gasteiger partial charge in [-0.3, -0.25) is 0 Å². The van der Waals surface area contributed by atoms with Gasteiger partial charge in [0.2, 0.25) is 5.88 Å². The molecular weight excluding hydrogens is 316 g/mol. The molecule has 2 aromatic rings. The fourth-order valence-electron chi connectivity index (χ4n) is 1.78. The van der Waals surface area contributed by atoms with E-state index < -0.39 is 0 Å². The van der Waals surface area contributed by atoms with E-state index in [1.165, 1.54) is 5.56 Å². The molecule has 1 heterocycles. The zero-order chi connectivity index (χ0) is 14.5.